The summed E-state index contributed by atoms with van der Waals surface area (Å²) >= 11 is 0. The first-order valence-corrected chi connectivity index (χ1v) is 10.9. The van der Waals surface area contributed by atoms with Crippen molar-refractivity contribution >= 4 is 21.9 Å². The third kappa shape index (κ3) is 4.52. The summed E-state index contributed by atoms with van der Waals surface area (Å²) in [6, 6.07) is 11.4. The predicted molar refractivity (Wildman–Crippen MR) is 108 cm³/mol. The van der Waals surface area contributed by atoms with E-state index in [2.05, 4.69) is 0 Å². The third-order valence-corrected chi connectivity index (χ3v) is 6.72. The molecule has 0 spiro atoms. The van der Waals surface area contributed by atoms with Crippen LogP contribution in [0.3, 0.4) is 0 Å². The molecule has 0 aromatic heterocycles. The van der Waals surface area contributed by atoms with Crippen LogP contribution in [0.15, 0.2) is 53.4 Å². The second kappa shape index (κ2) is 8.93. The quantitative estimate of drug-likeness (QED) is 0.653. The molecular formula is C21H23FN2O5S. The molecule has 1 heterocycles. The van der Waals surface area contributed by atoms with Crippen molar-refractivity contribution in [3.8, 4) is 0 Å². The highest BCUT2D eigenvalue weighted by atomic mass is 32.2. The van der Waals surface area contributed by atoms with Crippen LogP contribution in [0.2, 0.25) is 0 Å². The first-order chi connectivity index (χ1) is 14.2. The number of nitrogens with zero attached hydrogens (tertiary/aromatic N) is 2. The molecule has 1 saturated heterocycles. The van der Waals surface area contributed by atoms with Gasteiger partial charge in [-0.05, 0) is 31.0 Å². The molecule has 3 rings (SSSR count). The number of esters is 1. The predicted octanol–water partition coefficient (Wildman–Crippen LogP) is 2.60. The fraction of sp³-hybridized carbons (Fsp3) is 0.333. The monoisotopic (exact) mass is 434 g/mol. The topological polar surface area (TPSA) is 84.0 Å². The van der Waals surface area contributed by atoms with E-state index in [0.29, 0.717) is 18.7 Å². The van der Waals surface area contributed by atoms with Crippen molar-refractivity contribution in [1.82, 2.24) is 9.21 Å². The number of halogens is 1. The average Bonchev–Trinajstić information content (AvgIpc) is 3.27. The van der Waals surface area contributed by atoms with Gasteiger partial charge in [-0.3, -0.25) is 4.79 Å². The van der Waals surface area contributed by atoms with Crippen LogP contribution in [-0.4, -0.2) is 56.7 Å². The maximum atomic E-state index is 14.4. The van der Waals surface area contributed by atoms with Crippen molar-refractivity contribution in [1.29, 1.82) is 0 Å². The molecule has 1 aliphatic rings. The Bertz CT molecular complexity index is 1030. The van der Waals surface area contributed by atoms with E-state index in [0.717, 1.165) is 35.3 Å². The minimum atomic E-state index is -3.88. The zero-order chi connectivity index (χ0) is 21.9. The van der Waals surface area contributed by atoms with E-state index >= 15 is 0 Å². The molecule has 2 aromatic carbocycles. The van der Waals surface area contributed by atoms with Gasteiger partial charge in [0.15, 0.2) is 0 Å². The number of rotatable bonds is 6. The molecule has 0 N–H and O–H groups in total. The fourth-order valence-electron chi connectivity index (χ4n) is 3.19. The molecule has 1 unspecified atom stereocenters. The molecule has 160 valence electrons. The van der Waals surface area contributed by atoms with Gasteiger partial charge >= 0.3 is 5.97 Å². The third-order valence-electron chi connectivity index (χ3n) is 4.91. The first kappa shape index (κ1) is 21.9. The van der Waals surface area contributed by atoms with E-state index < -0.39 is 33.5 Å². The number of hydrogen-bond acceptors (Lipinski definition) is 5. The van der Waals surface area contributed by atoms with Crippen LogP contribution in [-0.2, 0) is 19.6 Å². The average molecular weight is 434 g/mol. The molecule has 0 aliphatic carbocycles. The number of likely N-dealkylation sites (tertiary alicyclic amines) is 1. The zero-order valence-corrected chi connectivity index (χ0v) is 17.6. The Morgan fingerprint density at radius 3 is 2.30 bits per heavy atom. The second-order valence-electron chi connectivity index (χ2n) is 7.16. The standard InChI is InChI=1S/C21H23FN2O5S/c1-23(2)30(27,28)16-10-11-18(22)17(14-16)21(26)29-19(15-8-4-3-5-9-15)20(25)24-12-6-7-13-24/h3-5,8-11,14,19H,6-7,12-13H2,1-2H3. The van der Waals surface area contributed by atoms with E-state index in [1.165, 1.54) is 14.1 Å². The maximum absolute atomic E-state index is 14.4. The van der Waals surface area contributed by atoms with Crippen molar-refractivity contribution in [2.24, 2.45) is 0 Å². The van der Waals surface area contributed by atoms with Gasteiger partial charge in [0.2, 0.25) is 16.1 Å². The van der Waals surface area contributed by atoms with E-state index in [-0.39, 0.29) is 10.8 Å². The summed E-state index contributed by atoms with van der Waals surface area (Å²) in [5.41, 5.74) is -0.0895. The SMILES string of the molecule is CN(C)S(=O)(=O)c1ccc(F)c(C(=O)OC(C(=O)N2CCCC2)c2ccccc2)c1. The van der Waals surface area contributed by atoms with Gasteiger partial charge in [0, 0.05) is 32.7 Å². The highest BCUT2D eigenvalue weighted by molar-refractivity contribution is 7.89. The molecule has 7 nitrogen and oxygen atoms in total. The molecule has 1 atom stereocenters. The molecule has 1 fully saturated rings. The minimum Gasteiger partial charge on any atom is -0.444 e. The van der Waals surface area contributed by atoms with Gasteiger partial charge in [0.05, 0.1) is 10.5 Å². The number of carbonyl (C=O) groups excluding carboxylic acids is 2. The Kier molecular flexibility index (Phi) is 6.52. The van der Waals surface area contributed by atoms with Crippen LogP contribution in [0, 0.1) is 5.82 Å². The Hall–Kier alpha value is -2.78. The molecule has 0 saturated carbocycles. The fourth-order valence-corrected chi connectivity index (χ4v) is 4.12. The summed E-state index contributed by atoms with van der Waals surface area (Å²) in [7, 11) is -1.22. The number of sulfonamides is 1. The van der Waals surface area contributed by atoms with Gasteiger partial charge in [0.25, 0.3) is 5.91 Å². The molecule has 1 aliphatic heterocycles. The molecule has 9 heteroatoms. The van der Waals surface area contributed by atoms with Gasteiger partial charge in [-0.1, -0.05) is 30.3 Å². The van der Waals surface area contributed by atoms with Crippen LogP contribution < -0.4 is 0 Å². The summed E-state index contributed by atoms with van der Waals surface area (Å²) in [4.78, 5) is 27.1. The van der Waals surface area contributed by atoms with Crippen molar-refractivity contribution < 1.29 is 27.1 Å². The van der Waals surface area contributed by atoms with E-state index in [9.17, 15) is 22.4 Å². The lowest BCUT2D eigenvalue weighted by Gasteiger charge is -2.23. The number of ether oxygens (including phenoxy) is 1. The molecule has 2 aromatic rings. The highest BCUT2D eigenvalue weighted by Gasteiger charge is 2.32. The normalized spacial score (nSPS) is 15.3. The number of benzene rings is 2. The van der Waals surface area contributed by atoms with Gasteiger partial charge in [-0.2, -0.15) is 0 Å². The zero-order valence-electron chi connectivity index (χ0n) is 16.7. The lowest BCUT2D eigenvalue weighted by atomic mass is 10.1. The van der Waals surface area contributed by atoms with Crippen molar-refractivity contribution in [2.45, 2.75) is 23.8 Å². The molecule has 0 radical (unpaired) electrons. The van der Waals surface area contributed by atoms with Crippen LogP contribution in [0.1, 0.15) is 34.9 Å². The number of hydrogen-bond donors (Lipinski definition) is 0. The van der Waals surface area contributed by atoms with Crippen molar-refractivity contribution in [3.05, 3.63) is 65.5 Å². The minimum absolute atomic E-state index is 0.247. The molecule has 30 heavy (non-hydrogen) atoms. The van der Waals surface area contributed by atoms with Gasteiger partial charge in [-0.15, -0.1) is 0 Å². The number of amides is 1. The summed E-state index contributed by atoms with van der Waals surface area (Å²) in [6.07, 6.45) is 0.478. The molecule has 1 amide bonds. The van der Waals surface area contributed by atoms with Crippen LogP contribution in [0.25, 0.3) is 0 Å². The van der Waals surface area contributed by atoms with Crippen molar-refractivity contribution in [2.75, 3.05) is 27.2 Å². The Labute approximate surface area is 175 Å². The molecular weight excluding hydrogens is 411 g/mol. The second-order valence-corrected chi connectivity index (χ2v) is 9.31. The first-order valence-electron chi connectivity index (χ1n) is 9.48. The smallest absolute Gasteiger partial charge is 0.342 e. The summed E-state index contributed by atoms with van der Waals surface area (Å²) in [5.74, 6) is -2.42. The van der Waals surface area contributed by atoms with E-state index in [1.807, 2.05) is 0 Å². The largest absolute Gasteiger partial charge is 0.444 e. The van der Waals surface area contributed by atoms with Crippen molar-refractivity contribution in [3.63, 3.8) is 0 Å². The van der Waals surface area contributed by atoms with E-state index in [4.69, 9.17) is 4.74 Å². The van der Waals surface area contributed by atoms with Gasteiger partial charge in [0.1, 0.15) is 5.82 Å². The van der Waals surface area contributed by atoms with Gasteiger partial charge in [-0.25, -0.2) is 21.9 Å². The molecule has 0 bridgehead atoms. The van der Waals surface area contributed by atoms with Crippen LogP contribution >= 0.6 is 0 Å². The Morgan fingerprint density at radius 2 is 1.70 bits per heavy atom. The lowest BCUT2D eigenvalue weighted by Crippen LogP contribution is -2.35. The summed E-state index contributed by atoms with van der Waals surface area (Å²) in [5, 5.41) is 0. The summed E-state index contributed by atoms with van der Waals surface area (Å²) < 4.78 is 45.4. The van der Waals surface area contributed by atoms with Gasteiger partial charge < -0.3 is 9.64 Å². The summed E-state index contributed by atoms with van der Waals surface area (Å²) in [6.45, 7) is 1.12. The Balaban J connectivity index is 1.93. The lowest BCUT2D eigenvalue weighted by molar-refractivity contribution is -0.140. The van der Waals surface area contributed by atoms with E-state index in [1.54, 1.807) is 35.2 Å². The van der Waals surface area contributed by atoms with Crippen LogP contribution in [0.5, 0.6) is 0 Å². The highest BCUT2D eigenvalue weighted by Crippen LogP contribution is 2.26. The maximum Gasteiger partial charge on any atom is 0.342 e. The Morgan fingerprint density at radius 1 is 1.07 bits per heavy atom. The van der Waals surface area contributed by atoms with Crippen LogP contribution in [0.4, 0.5) is 4.39 Å². The number of carbonyl (C=O) groups is 2.